The van der Waals surface area contributed by atoms with Crippen LogP contribution in [0.15, 0.2) is 12.1 Å². The van der Waals surface area contributed by atoms with Gasteiger partial charge in [0.1, 0.15) is 5.75 Å². The molecule has 1 aromatic carbocycles. The van der Waals surface area contributed by atoms with E-state index < -0.39 is 7.12 Å². The molecule has 0 aliphatic heterocycles. The smallest absolute Gasteiger partial charge is 0.504 e. The molecule has 0 aliphatic carbocycles. The van der Waals surface area contributed by atoms with E-state index in [1.807, 2.05) is 0 Å². The fourth-order valence-electron chi connectivity index (χ4n) is 1.32. The van der Waals surface area contributed by atoms with Crippen LogP contribution in [0.4, 0.5) is 0 Å². The van der Waals surface area contributed by atoms with Crippen LogP contribution in [0.3, 0.4) is 0 Å². The van der Waals surface area contributed by atoms with E-state index in [0.717, 1.165) is 5.56 Å². The average molecular weight is 194 g/mol. The predicted molar refractivity (Wildman–Crippen MR) is 55.7 cm³/mol. The molecule has 0 bridgehead atoms. The van der Waals surface area contributed by atoms with Crippen LogP contribution in [0, 0.1) is 13.8 Å². The average Bonchev–Trinajstić information content (AvgIpc) is 2.10. The highest BCUT2D eigenvalue weighted by Gasteiger charge is 2.15. The summed E-state index contributed by atoms with van der Waals surface area (Å²) in [4.78, 5) is 0. The molecule has 6 heteroatoms. The van der Waals surface area contributed by atoms with Crippen LogP contribution in [0.5, 0.6) is 5.75 Å². The maximum absolute atomic E-state index is 9.02. The summed E-state index contributed by atoms with van der Waals surface area (Å²) in [6.45, 7) is 3.52. The van der Waals surface area contributed by atoms with E-state index in [1.165, 1.54) is 0 Å². The highest BCUT2D eigenvalue weighted by molar-refractivity contribution is 6.59. The lowest BCUT2D eigenvalue weighted by atomic mass is 9.76. The normalized spacial score (nSPS) is 9.79. The van der Waals surface area contributed by atoms with Gasteiger partial charge >= 0.3 is 14.8 Å². The molecule has 0 atom stereocenters. The summed E-state index contributed by atoms with van der Waals surface area (Å²) in [5.41, 5.74) is 1.93. The minimum absolute atomic E-state index is 0.388. The molecule has 0 spiro atoms. The van der Waals surface area contributed by atoms with Crippen LogP contribution in [0.25, 0.3) is 0 Å². The Bertz CT molecular complexity index is 327. The zero-order valence-electron chi connectivity index (χ0n) is 8.19. The van der Waals surface area contributed by atoms with Crippen molar-refractivity contribution in [2.75, 3.05) is 0 Å². The van der Waals surface area contributed by atoms with E-state index in [0.29, 0.717) is 16.8 Å². The monoisotopic (exact) mass is 194 g/mol. The first-order valence-electron chi connectivity index (χ1n) is 4.27. The maximum Gasteiger partial charge on any atom is 0.504 e. The highest BCUT2D eigenvalue weighted by Crippen LogP contribution is 2.17. The minimum atomic E-state index is -1.48. The third kappa shape index (κ3) is 2.29. The van der Waals surface area contributed by atoms with Crippen molar-refractivity contribution in [3.63, 3.8) is 0 Å². The molecule has 1 rings (SSSR count). The Morgan fingerprint density at radius 2 is 1.86 bits per heavy atom. The van der Waals surface area contributed by atoms with Gasteiger partial charge in [-0.05, 0) is 36.5 Å². The summed E-state index contributed by atoms with van der Waals surface area (Å²) in [6, 6.07) is 3.30. The van der Waals surface area contributed by atoms with E-state index in [9.17, 15) is 0 Å². The van der Waals surface area contributed by atoms with Crippen molar-refractivity contribution in [2.45, 2.75) is 13.8 Å². The molecule has 0 aliphatic rings. The van der Waals surface area contributed by atoms with Crippen molar-refractivity contribution >= 4 is 20.3 Å². The summed E-state index contributed by atoms with van der Waals surface area (Å²) in [7, 11) is -1.86. The van der Waals surface area contributed by atoms with Crippen LogP contribution in [-0.4, -0.2) is 29.9 Å². The minimum Gasteiger partial charge on any atom is -0.539 e. The molecule has 14 heavy (non-hydrogen) atoms. The molecule has 0 heterocycles. The topological polar surface area (TPSA) is 69.9 Å². The molecule has 0 unspecified atom stereocenters. The summed E-state index contributed by atoms with van der Waals surface area (Å²) in [6.07, 6.45) is 0. The van der Waals surface area contributed by atoms with Gasteiger partial charge in [-0.3, -0.25) is 0 Å². The molecule has 4 nitrogen and oxygen atoms in total. The molecular formula is C8H12B2O4. The third-order valence-corrected chi connectivity index (χ3v) is 2.06. The summed E-state index contributed by atoms with van der Waals surface area (Å²) in [5, 5.41) is 26.6. The van der Waals surface area contributed by atoms with Crippen molar-refractivity contribution in [1.29, 1.82) is 0 Å². The maximum atomic E-state index is 9.02. The first kappa shape index (κ1) is 11.1. The van der Waals surface area contributed by atoms with Crippen LogP contribution in [-0.2, 0) is 0 Å². The second-order valence-corrected chi connectivity index (χ2v) is 3.12. The molecule has 0 radical (unpaired) electrons. The number of benzene rings is 1. The zero-order valence-corrected chi connectivity index (χ0v) is 8.19. The zero-order chi connectivity index (χ0) is 10.7. The number of aryl methyl sites for hydroxylation is 2. The number of rotatable bonds is 3. The molecule has 0 aromatic heterocycles. The van der Waals surface area contributed by atoms with Crippen molar-refractivity contribution in [3.8, 4) is 5.75 Å². The molecule has 0 amide bonds. The van der Waals surface area contributed by atoms with Gasteiger partial charge in [0.05, 0.1) is 0 Å². The second kappa shape index (κ2) is 4.50. The van der Waals surface area contributed by atoms with Crippen LogP contribution < -0.4 is 10.1 Å². The Labute approximate surface area is 83.6 Å². The summed E-state index contributed by atoms with van der Waals surface area (Å²) in [5.74, 6) is 0.550. The van der Waals surface area contributed by atoms with Gasteiger partial charge in [0, 0.05) is 0 Å². The Morgan fingerprint density at radius 3 is 2.36 bits per heavy atom. The lowest BCUT2D eigenvalue weighted by Gasteiger charge is -2.11. The van der Waals surface area contributed by atoms with E-state index >= 15 is 0 Å². The summed E-state index contributed by atoms with van der Waals surface area (Å²) < 4.78 is 4.94. The van der Waals surface area contributed by atoms with Crippen LogP contribution >= 0.6 is 0 Å². The molecule has 3 N–H and O–H groups in total. The SMILES string of the molecule is Cc1cc(B(O)O)c(C)cc1OBO. The van der Waals surface area contributed by atoms with Crippen molar-refractivity contribution < 1.29 is 19.7 Å². The van der Waals surface area contributed by atoms with E-state index in [-0.39, 0.29) is 7.69 Å². The van der Waals surface area contributed by atoms with Gasteiger partial charge in [-0.2, -0.15) is 0 Å². The van der Waals surface area contributed by atoms with E-state index in [4.69, 9.17) is 19.7 Å². The van der Waals surface area contributed by atoms with Gasteiger partial charge in [-0.1, -0.05) is 6.07 Å². The van der Waals surface area contributed by atoms with Crippen LogP contribution in [0.2, 0.25) is 0 Å². The molecule has 0 saturated heterocycles. The lowest BCUT2D eigenvalue weighted by Crippen LogP contribution is -2.32. The molecular weight excluding hydrogens is 182 g/mol. The Kier molecular flexibility index (Phi) is 3.57. The van der Waals surface area contributed by atoms with Gasteiger partial charge < -0.3 is 19.7 Å². The molecule has 1 aromatic rings. The fourth-order valence-corrected chi connectivity index (χ4v) is 1.32. The third-order valence-electron chi connectivity index (χ3n) is 2.06. The van der Waals surface area contributed by atoms with Gasteiger partial charge in [0.15, 0.2) is 0 Å². The Morgan fingerprint density at radius 1 is 1.21 bits per heavy atom. The van der Waals surface area contributed by atoms with Crippen molar-refractivity contribution in [1.82, 2.24) is 0 Å². The van der Waals surface area contributed by atoms with E-state index in [1.54, 1.807) is 26.0 Å². The lowest BCUT2D eigenvalue weighted by molar-refractivity contribution is 0.425. The van der Waals surface area contributed by atoms with E-state index in [2.05, 4.69) is 0 Å². The van der Waals surface area contributed by atoms with Crippen molar-refractivity contribution in [2.24, 2.45) is 0 Å². The molecule has 74 valence electrons. The molecule has 0 fully saturated rings. The van der Waals surface area contributed by atoms with Gasteiger partial charge in [-0.25, -0.2) is 0 Å². The number of hydrogen-bond acceptors (Lipinski definition) is 4. The predicted octanol–water partition coefficient (Wildman–Crippen LogP) is -1.38. The van der Waals surface area contributed by atoms with Gasteiger partial charge in [0.25, 0.3) is 0 Å². The fraction of sp³-hybridized carbons (Fsp3) is 0.250. The second-order valence-electron chi connectivity index (χ2n) is 3.12. The first-order chi connectivity index (χ1) is 6.56. The van der Waals surface area contributed by atoms with Crippen molar-refractivity contribution in [3.05, 3.63) is 23.3 Å². The highest BCUT2D eigenvalue weighted by atomic mass is 16.5. The quantitative estimate of drug-likeness (QED) is 0.518. The largest absolute Gasteiger partial charge is 0.539 e. The Balaban J connectivity index is 3.10. The van der Waals surface area contributed by atoms with Gasteiger partial charge in [0.2, 0.25) is 0 Å². The number of hydrogen-bond donors (Lipinski definition) is 3. The van der Waals surface area contributed by atoms with Crippen LogP contribution in [0.1, 0.15) is 11.1 Å². The van der Waals surface area contributed by atoms with Gasteiger partial charge in [-0.15, -0.1) is 0 Å². The molecule has 0 saturated carbocycles. The summed E-state index contributed by atoms with van der Waals surface area (Å²) >= 11 is 0. The standard InChI is InChI=1S/C8H12B2O4/c1-5-4-8(14-9-11)6(2)3-7(5)10(12)13/h3-4,9,11-13H,1-2H3. The first-order valence-corrected chi connectivity index (χ1v) is 4.27. The Hall–Kier alpha value is -0.970.